The number of nitrogens with zero attached hydrogens (tertiary/aromatic N) is 2. The van der Waals surface area contributed by atoms with Crippen LogP contribution in [0.2, 0.25) is 0 Å². The summed E-state index contributed by atoms with van der Waals surface area (Å²) in [5.41, 5.74) is 8.33. The summed E-state index contributed by atoms with van der Waals surface area (Å²) in [5.74, 6) is 0. The third-order valence-electron chi connectivity index (χ3n) is 4.39. The van der Waals surface area contributed by atoms with Gasteiger partial charge in [-0.2, -0.15) is 0 Å². The summed E-state index contributed by atoms with van der Waals surface area (Å²) in [6.07, 6.45) is 9.16. The van der Waals surface area contributed by atoms with Crippen molar-refractivity contribution in [3.8, 4) is 5.69 Å². The zero-order chi connectivity index (χ0) is 14.2. The molecule has 1 aliphatic rings. The van der Waals surface area contributed by atoms with E-state index in [9.17, 15) is 4.79 Å². The van der Waals surface area contributed by atoms with Crippen molar-refractivity contribution in [3.63, 3.8) is 0 Å². The first-order valence-corrected chi connectivity index (χ1v) is 7.25. The molecule has 4 heteroatoms. The minimum atomic E-state index is -0.301. The number of nitrogens with two attached hydrogens (primary N) is 1. The standard InChI is InChI=1S/C16H21N3O/c1-18-11-12-19(15(18)20)14-8-4-3-7-13(14)16(17)9-5-2-6-10-16/h3-4,7-8,11-12H,2,5-6,9-10,17H2,1H3. The van der Waals surface area contributed by atoms with Gasteiger partial charge in [-0.05, 0) is 24.5 Å². The van der Waals surface area contributed by atoms with Gasteiger partial charge < -0.3 is 10.3 Å². The first-order valence-electron chi connectivity index (χ1n) is 7.25. The lowest BCUT2D eigenvalue weighted by atomic mass is 9.77. The van der Waals surface area contributed by atoms with Gasteiger partial charge in [0.1, 0.15) is 0 Å². The molecule has 1 fully saturated rings. The highest BCUT2D eigenvalue weighted by atomic mass is 16.1. The normalized spacial score (nSPS) is 18.1. The Hall–Kier alpha value is -1.81. The number of aromatic nitrogens is 2. The van der Waals surface area contributed by atoms with E-state index >= 15 is 0 Å². The van der Waals surface area contributed by atoms with E-state index in [1.165, 1.54) is 6.42 Å². The molecule has 1 aromatic carbocycles. The van der Waals surface area contributed by atoms with E-state index < -0.39 is 0 Å². The maximum Gasteiger partial charge on any atom is 0.332 e. The van der Waals surface area contributed by atoms with Crippen LogP contribution in [0, 0.1) is 0 Å². The first kappa shape index (κ1) is 13.2. The summed E-state index contributed by atoms with van der Waals surface area (Å²) in [6.45, 7) is 0. The molecule has 1 heterocycles. The summed E-state index contributed by atoms with van der Waals surface area (Å²) in [6, 6.07) is 8.03. The van der Waals surface area contributed by atoms with Gasteiger partial charge in [0.05, 0.1) is 5.69 Å². The Bertz CT molecular complexity index is 662. The third kappa shape index (κ3) is 2.10. The van der Waals surface area contributed by atoms with Crippen LogP contribution in [0.15, 0.2) is 41.5 Å². The van der Waals surface area contributed by atoms with Gasteiger partial charge in [0.15, 0.2) is 0 Å². The van der Waals surface area contributed by atoms with Gasteiger partial charge in [0, 0.05) is 25.0 Å². The molecule has 2 N–H and O–H groups in total. The van der Waals surface area contributed by atoms with Gasteiger partial charge in [-0.25, -0.2) is 4.79 Å². The molecule has 4 nitrogen and oxygen atoms in total. The molecule has 0 unspecified atom stereocenters. The molecule has 20 heavy (non-hydrogen) atoms. The van der Waals surface area contributed by atoms with Crippen molar-refractivity contribution >= 4 is 0 Å². The highest BCUT2D eigenvalue weighted by molar-refractivity contribution is 5.45. The first-order chi connectivity index (χ1) is 9.62. The third-order valence-corrected chi connectivity index (χ3v) is 4.39. The van der Waals surface area contributed by atoms with Gasteiger partial charge in [-0.1, -0.05) is 37.5 Å². The second kappa shape index (κ2) is 4.94. The van der Waals surface area contributed by atoms with Crippen LogP contribution in [0.1, 0.15) is 37.7 Å². The van der Waals surface area contributed by atoms with E-state index in [4.69, 9.17) is 5.73 Å². The molecule has 0 bridgehead atoms. The molecular weight excluding hydrogens is 250 g/mol. The summed E-state index contributed by atoms with van der Waals surface area (Å²) in [5, 5.41) is 0. The zero-order valence-electron chi connectivity index (χ0n) is 11.9. The topological polar surface area (TPSA) is 52.9 Å². The average Bonchev–Trinajstić information content (AvgIpc) is 2.80. The lowest BCUT2D eigenvalue weighted by molar-refractivity contribution is 0.302. The fraction of sp³-hybridized carbons (Fsp3) is 0.438. The Labute approximate surface area is 118 Å². The largest absolute Gasteiger partial charge is 0.332 e. The summed E-state index contributed by atoms with van der Waals surface area (Å²) >= 11 is 0. The maximum absolute atomic E-state index is 12.2. The summed E-state index contributed by atoms with van der Waals surface area (Å²) in [7, 11) is 1.76. The van der Waals surface area contributed by atoms with Crippen molar-refractivity contribution in [3.05, 3.63) is 52.7 Å². The highest BCUT2D eigenvalue weighted by Gasteiger charge is 2.31. The molecule has 106 valence electrons. The smallest absolute Gasteiger partial charge is 0.321 e. The van der Waals surface area contributed by atoms with E-state index in [1.54, 1.807) is 22.4 Å². The molecule has 1 saturated carbocycles. The molecule has 0 radical (unpaired) electrons. The highest BCUT2D eigenvalue weighted by Crippen LogP contribution is 2.37. The molecule has 1 aliphatic carbocycles. The summed E-state index contributed by atoms with van der Waals surface area (Å²) in [4.78, 5) is 12.2. The molecule has 2 aromatic rings. The minimum absolute atomic E-state index is 0.0307. The number of imidazole rings is 1. The van der Waals surface area contributed by atoms with E-state index in [0.717, 1.165) is 36.9 Å². The van der Waals surface area contributed by atoms with Crippen LogP contribution >= 0.6 is 0 Å². The fourth-order valence-corrected chi connectivity index (χ4v) is 3.20. The molecule has 1 aromatic heterocycles. The van der Waals surface area contributed by atoms with Crippen LogP contribution < -0.4 is 11.4 Å². The number of hydrogen-bond donors (Lipinski definition) is 1. The molecule has 3 rings (SSSR count). The Balaban J connectivity index is 2.13. The zero-order valence-corrected chi connectivity index (χ0v) is 11.9. The minimum Gasteiger partial charge on any atom is -0.321 e. The van der Waals surface area contributed by atoms with Crippen molar-refractivity contribution in [1.82, 2.24) is 9.13 Å². The predicted molar refractivity (Wildman–Crippen MR) is 80.0 cm³/mol. The number of hydrogen-bond acceptors (Lipinski definition) is 2. The van der Waals surface area contributed by atoms with E-state index in [1.807, 2.05) is 24.4 Å². The van der Waals surface area contributed by atoms with E-state index in [0.29, 0.717) is 0 Å². The predicted octanol–water partition coefficient (Wildman–Crippen LogP) is 2.29. The molecule has 0 amide bonds. The van der Waals surface area contributed by atoms with Gasteiger partial charge in [0.25, 0.3) is 0 Å². The molecule has 0 saturated heterocycles. The number of aryl methyl sites for hydroxylation is 1. The number of para-hydroxylation sites is 1. The number of rotatable bonds is 2. The Morgan fingerprint density at radius 3 is 2.45 bits per heavy atom. The Morgan fingerprint density at radius 2 is 1.80 bits per heavy atom. The molecule has 0 aliphatic heterocycles. The van der Waals surface area contributed by atoms with E-state index in [-0.39, 0.29) is 11.2 Å². The van der Waals surface area contributed by atoms with Crippen molar-refractivity contribution in [2.45, 2.75) is 37.6 Å². The van der Waals surface area contributed by atoms with Crippen LogP contribution in [-0.4, -0.2) is 9.13 Å². The second-order valence-electron chi connectivity index (χ2n) is 5.80. The van der Waals surface area contributed by atoms with Crippen LogP contribution in [0.5, 0.6) is 0 Å². The maximum atomic E-state index is 12.2. The van der Waals surface area contributed by atoms with Crippen molar-refractivity contribution < 1.29 is 0 Å². The SMILES string of the molecule is Cn1ccn(-c2ccccc2C2(N)CCCCC2)c1=O. The van der Waals surface area contributed by atoms with Gasteiger partial charge in [0.2, 0.25) is 0 Å². The lowest BCUT2D eigenvalue weighted by Crippen LogP contribution is -2.40. The Kier molecular flexibility index (Phi) is 3.26. The second-order valence-corrected chi connectivity index (χ2v) is 5.80. The average molecular weight is 271 g/mol. The molecule has 0 atom stereocenters. The van der Waals surface area contributed by atoms with Crippen molar-refractivity contribution in [2.24, 2.45) is 12.8 Å². The number of benzene rings is 1. The van der Waals surface area contributed by atoms with Gasteiger partial charge in [-0.3, -0.25) is 4.57 Å². The van der Waals surface area contributed by atoms with Crippen LogP contribution in [0.4, 0.5) is 0 Å². The lowest BCUT2D eigenvalue weighted by Gasteiger charge is -2.35. The van der Waals surface area contributed by atoms with Crippen LogP contribution in [0.3, 0.4) is 0 Å². The molecular formula is C16H21N3O. The molecule has 0 spiro atoms. The van der Waals surface area contributed by atoms with Gasteiger partial charge in [-0.15, -0.1) is 0 Å². The van der Waals surface area contributed by atoms with Crippen LogP contribution in [-0.2, 0) is 12.6 Å². The Morgan fingerprint density at radius 1 is 1.10 bits per heavy atom. The van der Waals surface area contributed by atoms with Crippen LogP contribution in [0.25, 0.3) is 5.69 Å². The summed E-state index contributed by atoms with van der Waals surface area (Å²) < 4.78 is 3.28. The fourth-order valence-electron chi connectivity index (χ4n) is 3.20. The van der Waals surface area contributed by atoms with E-state index in [2.05, 4.69) is 6.07 Å². The van der Waals surface area contributed by atoms with Crippen molar-refractivity contribution in [1.29, 1.82) is 0 Å². The quantitative estimate of drug-likeness (QED) is 0.911. The van der Waals surface area contributed by atoms with Crippen molar-refractivity contribution in [2.75, 3.05) is 0 Å². The van der Waals surface area contributed by atoms with Gasteiger partial charge >= 0.3 is 5.69 Å². The monoisotopic (exact) mass is 271 g/mol.